The molecule has 134 valence electrons. The van der Waals surface area contributed by atoms with E-state index < -0.39 is 17.0 Å². The van der Waals surface area contributed by atoms with Crippen LogP contribution in [0.5, 0.6) is 11.6 Å². The Hall–Kier alpha value is -3.34. The van der Waals surface area contributed by atoms with Crippen LogP contribution >= 0.6 is 23.2 Å². The first-order valence-corrected chi connectivity index (χ1v) is 8.22. The summed E-state index contributed by atoms with van der Waals surface area (Å²) < 4.78 is 6.94. The molecule has 2 aromatic heterocycles. The molecule has 9 heteroatoms. The summed E-state index contributed by atoms with van der Waals surface area (Å²) in [5.41, 5.74) is 4.38. The zero-order chi connectivity index (χ0) is 19.6. The van der Waals surface area contributed by atoms with E-state index in [9.17, 15) is 9.59 Å². The maximum atomic E-state index is 12.8. The van der Waals surface area contributed by atoms with Gasteiger partial charge in [-0.25, -0.2) is 0 Å². The molecule has 0 atom stereocenters. The van der Waals surface area contributed by atoms with Gasteiger partial charge >= 0.3 is 0 Å². The molecule has 2 heterocycles. The summed E-state index contributed by atoms with van der Waals surface area (Å²) in [6.07, 6.45) is 2.54. The van der Waals surface area contributed by atoms with Crippen LogP contribution in [0.3, 0.4) is 0 Å². The van der Waals surface area contributed by atoms with E-state index in [2.05, 4.69) is 4.98 Å². The Labute approximate surface area is 162 Å². The van der Waals surface area contributed by atoms with Gasteiger partial charge in [-0.05, 0) is 36.4 Å². The van der Waals surface area contributed by atoms with Crippen LogP contribution in [0.15, 0.2) is 53.0 Å². The molecule has 0 saturated heterocycles. The number of halogens is 2. The lowest BCUT2D eigenvalue weighted by Crippen LogP contribution is -2.20. The number of rotatable bonds is 4. The summed E-state index contributed by atoms with van der Waals surface area (Å²) in [6, 6.07) is 11.1. The molecule has 1 aromatic carbocycles. The molecular formula is C18H10Cl2N4O3. The van der Waals surface area contributed by atoms with Crippen molar-refractivity contribution in [1.29, 1.82) is 5.26 Å². The van der Waals surface area contributed by atoms with Gasteiger partial charge in [0.2, 0.25) is 5.88 Å². The predicted octanol–water partition coefficient (Wildman–Crippen LogP) is 3.19. The zero-order valence-electron chi connectivity index (χ0n) is 13.5. The maximum absolute atomic E-state index is 12.8. The van der Waals surface area contributed by atoms with Crippen molar-refractivity contribution in [1.82, 2.24) is 9.38 Å². The second-order valence-corrected chi connectivity index (χ2v) is 6.12. The molecule has 0 aliphatic carbocycles. The van der Waals surface area contributed by atoms with E-state index in [1.54, 1.807) is 30.3 Å². The summed E-state index contributed by atoms with van der Waals surface area (Å²) >= 11 is 12.0. The number of primary amides is 1. The Morgan fingerprint density at radius 2 is 2.07 bits per heavy atom. The van der Waals surface area contributed by atoms with Crippen LogP contribution in [-0.4, -0.2) is 15.3 Å². The number of hydrogen-bond acceptors (Lipinski definition) is 5. The second-order valence-electron chi connectivity index (χ2n) is 5.28. The minimum atomic E-state index is -0.981. The van der Waals surface area contributed by atoms with Gasteiger partial charge < -0.3 is 10.5 Å². The van der Waals surface area contributed by atoms with Crippen LogP contribution < -0.4 is 16.0 Å². The Balaban J connectivity index is 2.26. The number of carbonyl (C=O) groups excluding carboxylic acids is 1. The number of fused-ring (bicyclic) bond motifs is 1. The SMILES string of the molecule is N#C/C(=C/c1c(Oc2ccc(Cl)cc2Cl)nc2ccccn2c1=O)C(N)=O. The molecule has 0 radical (unpaired) electrons. The van der Waals surface area contributed by atoms with Crippen LogP contribution in [0.1, 0.15) is 5.56 Å². The van der Waals surface area contributed by atoms with E-state index in [1.165, 1.54) is 22.7 Å². The molecule has 0 spiro atoms. The van der Waals surface area contributed by atoms with Gasteiger partial charge in [0.05, 0.1) is 5.02 Å². The van der Waals surface area contributed by atoms with Crippen LogP contribution in [0.2, 0.25) is 10.0 Å². The standard InChI is InChI=1S/C18H10Cl2N4O3/c19-11-4-5-14(13(20)8-11)27-17-12(7-10(9-21)16(22)25)18(26)24-6-2-1-3-15(24)23-17/h1-8H,(H2,22,25)/b10-7-. The minimum Gasteiger partial charge on any atom is -0.437 e. The van der Waals surface area contributed by atoms with Crippen molar-refractivity contribution in [3.63, 3.8) is 0 Å². The number of nitrogens with zero attached hydrogens (tertiary/aromatic N) is 3. The van der Waals surface area contributed by atoms with Crippen molar-refractivity contribution < 1.29 is 9.53 Å². The van der Waals surface area contributed by atoms with Crippen molar-refractivity contribution in [2.75, 3.05) is 0 Å². The van der Waals surface area contributed by atoms with Gasteiger partial charge in [0.15, 0.2) is 0 Å². The number of nitriles is 1. The molecule has 0 bridgehead atoms. The number of ether oxygens (including phenoxy) is 1. The van der Waals surface area contributed by atoms with E-state index in [-0.39, 0.29) is 22.2 Å². The Morgan fingerprint density at radius 3 is 2.74 bits per heavy atom. The lowest BCUT2D eigenvalue weighted by atomic mass is 10.2. The number of benzene rings is 1. The van der Waals surface area contributed by atoms with Gasteiger partial charge in [-0.2, -0.15) is 10.2 Å². The molecule has 3 rings (SSSR count). The number of carbonyl (C=O) groups is 1. The smallest absolute Gasteiger partial charge is 0.269 e. The Bertz CT molecular complexity index is 1200. The number of hydrogen-bond donors (Lipinski definition) is 1. The molecule has 0 fully saturated rings. The highest BCUT2D eigenvalue weighted by Gasteiger charge is 2.17. The average Bonchev–Trinajstić information content (AvgIpc) is 2.63. The van der Waals surface area contributed by atoms with Crippen molar-refractivity contribution in [3.8, 4) is 17.7 Å². The molecule has 0 saturated carbocycles. The Kier molecular flexibility index (Phi) is 5.12. The van der Waals surface area contributed by atoms with E-state index in [0.29, 0.717) is 10.7 Å². The summed E-state index contributed by atoms with van der Waals surface area (Å²) in [6.45, 7) is 0. The van der Waals surface area contributed by atoms with Crippen LogP contribution in [0.4, 0.5) is 0 Å². The fraction of sp³-hybridized carbons (Fsp3) is 0. The van der Waals surface area contributed by atoms with Gasteiger partial charge in [-0.15, -0.1) is 0 Å². The first-order valence-electron chi connectivity index (χ1n) is 7.46. The highest BCUT2D eigenvalue weighted by atomic mass is 35.5. The topological polar surface area (TPSA) is 110 Å². The quantitative estimate of drug-likeness (QED) is 0.533. The summed E-state index contributed by atoms with van der Waals surface area (Å²) in [5, 5.41) is 9.69. The molecule has 2 N–H and O–H groups in total. The largest absolute Gasteiger partial charge is 0.437 e. The van der Waals surface area contributed by atoms with Crippen molar-refractivity contribution in [2.45, 2.75) is 0 Å². The first kappa shape index (κ1) is 18.5. The lowest BCUT2D eigenvalue weighted by Gasteiger charge is -2.11. The molecule has 7 nitrogen and oxygen atoms in total. The molecule has 1 amide bonds. The van der Waals surface area contributed by atoms with Gasteiger partial charge in [-0.3, -0.25) is 14.0 Å². The lowest BCUT2D eigenvalue weighted by molar-refractivity contribution is -0.114. The summed E-state index contributed by atoms with van der Waals surface area (Å²) in [5.74, 6) is -0.921. The number of aromatic nitrogens is 2. The summed E-state index contributed by atoms with van der Waals surface area (Å²) in [4.78, 5) is 28.5. The molecule has 0 unspecified atom stereocenters. The maximum Gasteiger partial charge on any atom is 0.269 e. The number of amides is 1. The van der Waals surface area contributed by atoms with Gasteiger partial charge in [-0.1, -0.05) is 29.3 Å². The van der Waals surface area contributed by atoms with Gasteiger partial charge in [0, 0.05) is 11.2 Å². The van der Waals surface area contributed by atoms with E-state index in [1.807, 2.05) is 0 Å². The fourth-order valence-electron chi connectivity index (χ4n) is 2.25. The van der Waals surface area contributed by atoms with Crippen LogP contribution in [-0.2, 0) is 4.79 Å². The molecule has 0 aliphatic heterocycles. The third-order valence-corrected chi connectivity index (χ3v) is 4.04. The van der Waals surface area contributed by atoms with E-state index in [4.69, 9.17) is 38.9 Å². The molecule has 0 aliphatic rings. The fourth-order valence-corrected chi connectivity index (χ4v) is 2.70. The normalized spacial score (nSPS) is 11.2. The van der Waals surface area contributed by atoms with Crippen molar-refractivity contribution in [2.24, 2.45) is 5.73 Å². The van der Waals surface area contributed by atoms with Crippen molar-refractivity contribution >= 4 is 40.8 Å². The average molecular weight is 401 g/mol. The monoisotopic (exact) mass is 400 g/mol. The molecule has 27 heavy (non-hydrogen) atoms. The van der Waals surface area contributed by atoms with E-state index in [0.717, 1.165) is 6.08 Å². The predicted molar refractivity (Wildman–Crippen MR) is 101 cm³/mol. The first-order chi connectivity index (χ1) is 12.9. The highest BCUT2D eigenvalue weighted by Crippen LogP contribution is 2.32. The van der Waals surface area contributed by atoms with Crippen LogP contribution in [0, 0.1) is 11.3 Å². The summed E-state index contributed by atoms with van der Waals surface area (Å²) in [7, 11) is 0. The van der Waals surface area contributed by atoms with E-state index >= 15 is 0 Å². The molecule has 3 aromatic rings. The number of nitrogens with two attached hydrogens (primary N) is 1. The third kappa shape index (κ3) is 3.77. The zero-order valence-corrected chi connectivity index (χ0v) is 15.0. The van der Waals surface area contributed by atoms with Gasteiger partial charge in [0.25, 0.3) is 11.5 Å². The molecular weight excluding hydrogens is 391 g/mol. The number of pyridine rings is 1. The van der Waals surface area contributed by atoms with Crippen LogP contribution in [0.25, 0.3) is 11.7 Å². The third-order valence-electron chi connectivity index (χ3n) is 3.51. The second kappa shape index (κ2) is 7.50. The highest BCUT2D eigenvalue weighted by molar-refractivity contribution is 6.35. The van der Waals surface area contributed by atoms with Crippen molar-refractivity contribution in [3.05, 3.63) is 74.1 Å². The minimum absolute atomic E-state index is 0.125. The van der Waals surface area contributed by atoms with Gasteiger partial charge in [0.1, 0.15) is 28.6 Å². The Morgan fingerprint density at radius 1 is 1.30 bits per heavy atom.